The predicted molar refractivity (Wildman–Crippen MR) is 84.4 cm³/mol. The van der Waals surface area contributed by atoms with Crippen LogP contribution in [-0.4, -0.2) is 38.3 Å². The standard InChI is InChI=1S/C16H23N3Se/c1-13-7-9-14(10-8-13)12-16-19-18-15(20-16)6-4-3-5-11-17-2/h7-10,17H,3-6,11-12H2,1-2H3. The number of hydrogen-bond acceptors (Lipinski definition) is 3. The minimum absolute atomic E-state index is 0.383. The van der Waals surface area contributed by atoms with Crippen LogP contribution in [0.2, 0.25) is 0 Å². The number of benzene rings is 1. The molecule has 2 rings (SSSR count). The van der Waals surface area contributed by atoms with Gasteiger partial charge in [0.05, 0.1) is 0 Å². The number of unbranched alkanes of at least 4 members (excludes halogenated alkanes) is 2. The summed E-state index contributed by atoms with van der Waals surface area (Å²) in [5.41, 5.74) is 2.66. The summed E-state index contributed by atoms with van der Waals surface area (Å²) in [6.07, 6.45) is 5.88. The zero-order valence-corrected chi connectivity index (χ0v) is 14.1. The third-order valence-electron chi connectivity index (χ3n) is 3.30. The summed E-state index contributed by atoms with van der Waals surface area (Å²) in [4.78, 5) is 0. The van der Waals surface area contributed by atoms with Crippen molar-refractivity contribution >= 4 is 14.5 Å². The Morgan fingerprint density at radius 3 is 2.50 bits per heavy atom. The molecule has 20 heavy (non-hydrogen) atoms. The van der Waals surface area contributed by atoms with Gasteiger partial charge >= 0.3 is 127 Å². The van der Waals surface area contributed by atoms with E-state index in [2.05, 4.69) is 46.7 Å². The molecular weight excluding hydrogens is 313 g/mol. The Bertz CT molecular complexity index is 505. The van der Waals surface area contributed by atoms with Crippen molar-refractivity contribution in [2.75, 3.05) is 13.6 Å². The van der Waals surface area contributed by atoms with Crippen LogP contribution in [-0.2, 0) is 12.8 Å². The van der Waals surface area contributed by atoms with Crippen LogP contribution in [0.4, 0.5) is 0 Å². The van der Waals surface area contributed by atoms with E-state index >= 15 is 0 Å². The Morgan fingerprint density at radius 1 is 1.00 bits per heavy atom. The molecule has 1 aromatic carbocycles. The number of nitrogens with zero attached hydrogens (tertiary/aromatic N) is 2. The van der Waals surface area contributed by atoms with Gasteiger partial charge in [0.15, 0.2) is 0 Å². The van der Waals surface area contributed by atoms with Gasteiger partial charge in [-0.2, -0.15) is 0 Å². The first kappa shape index (κ1) is 15.4. The van der Waals surface area contributed by atoms with Gasteiger partial charge in [-0.3, -0.25) is 0 Å². The summed E-state index contributed by atoms with van der Waals surface area (Å²) < 4.78 is 2.59. The molecule has 0 fully saturated rings. The molecule has 0 aliphatic heterocycles. The van der Waals surface area contributed by atoms with Crippen LogP contribution in [0.3, 0.4) is 0 Å². The van der Waals surface area contributed by atoms with Crippen LogP contribution in [0.5, 0.6) is 0 Å². The maximum atomic E-state index is 4.37. The van der Waals surface area contributed by atoms with Crippen molar-refractivity contribution in [3.8, 4) is 0 Å². The third-order valence-corrected chi connectivity index (χ3v) is 5.36. The Hall–Kier alpha value is -0.961. The summed E-state index contributed by atoms with van der Waals surface area (Å²) in [5, 5.41) is 11.9. The van der Waals surface area contributed by atoms with Crippen LogP contribution in [0.15, 0.2) is 24.3 Å². The molecule has 0 atom stereocenters. The molecule has 3 nitrogen and oxygen atoms in total. The number of hydrogen-bond donors (Lipinski definition) is 1. The normalized spacial score (nSPS) is 10.9. The van der Waals surface area contributed by atoms with Gasteiger partial charge in [0.2, 0.25) is 0 Å². The molecule has 4 heteroatoms. The van der Waals surface area contributed by atoms with Gasteiger partial charge in [0.1, 0.15) is 0 Å². The van der Waals surface area contributed by atoms with Crippen molar-refractivity contribution in [3.05, 3.63) is 44.5 Å². The fourth-order valence-corrected chi connectivity index (χ4v) is 4.03. The SMILES string of the molecule is CNCCCCCc1nnc(Cc2ccc(C)cc2)[se]1. The zero-order chi connectivity index (χ0) is 14.2. The third kappa shape index (κ3) is 5.20. The Kier molecular flexibility index (Phi) is 6.44. The molecule has 0 bridgehead atoms. The van der Waals surface area contributed by atoms with Crippen LogP contribution in [0.1, 0.15) is 39.5 Å². The average molecular weight is 336 g/mol. The van der Waals surface area contributed by atoms with Gasteiger partial charge in [-0.25, -0.2) is 0 Å². The molecule has 0 aliphatic rings. The van der Waals surface area contributed by atoms with Gasteiger partial charge in [-0.05, 0) is 0 Å². The van der Waals surface area contributed by atoms with E-state index in [9.17, 15) is 0 Å². The Labute approximate surface area is 127 Å². The fourth-order valence-electron chi connectivity index (χ4n) is 2.10. The molecule has 1 aromatic heterocycles. The molecule has 0 spiro atoms. The summed E-state index contributed by atoms with van der Waals surface area (Å²) in [6.45, 7) is 3.24. The zero-order valence-electron chi connectivity index (χ0n) is 12.4. The summed E-state index contributed by atoms with van der Waals surface area (Å²) in [6, 6.07) is 8.73. The fraction of sp³-hybridized carbons (Fsp3) is 0.500. The number of aryl methyl sites for hydroxylation is 2. The number of rotatable bonds is 8. The molecule has 1 heterocycles. The van der Waals surface area contributed by atoms with E-state index in [-0.39, 0.29) is 0 Å². The quantitative estimate of drug-likeness (QED) is 0.594. The molecular formula is C16H23N3Se. The molecule has 0 amide bonds. The molecule has 0 unspecified atom stereocenters. The molecule has 0 radical (unpaired) electrons. The first-order valence-corrected chi connectivity index (χ1v) is 9.00. The Morgan fingerprint density at radius 2 is 1.75 bits per heavy atom. The number of aromatic nitrogens is 2. The van der Waals surface area contributed by atoms with Gasteiger partial charge in [-0.1, -0.05) is 0 Å². The minimum atomic E-state index is 0.383. The molecule has 108 valence electrons. The van der Waals surface area contributed by atoms with Crippen LogP contribution >= 0.6 is 0 Å². The second-order valence-electron chi connectivity index (χ2n) is 5.17. The topological polar surface area (TPSA) is 37.8 Å². The van der Waals surface area contributed by atoms with Crippen molar-refractivity contribution in [2.24, 2.45) is 0 Å². The van der Waals surface area contributed by atoms with E-state index in [1.54, 1.807) is 0 Å². The van der Waals surface area contributed by atoms with E-state index in [1.165, 1.54) is 39.5 Å². The van der Waals surface area contributed by atoms with E-state index in [0.717, 1.165) is 19.4 Å². The molecule has 0 aliphatic carbocycles. The first-order valence-electron chi connectivity index (χ1n) is 7.29. The van der Waals surface area contributed by atoms with Gasteiger partial charge in [0, 0.05) is 0 Å². The van der Waals surface area contributed by atoms with Gasteiger partial charge in [0.25, 0.3) is 0 Å². The van der Waals surface area contributed by atoms with Crippen molar-refractivity contribution in [2.45, 2.75) is 39.0 Å². The maximum absolute atomic E-state index is 4.37. The van der Waals surface area contributed by atoms with Gasteiger partial charge in [-0.15, -0.1) is 0 Å². The van der Waals surface area contributed by atoms with E-state index in [0.29, 0.717) is 14.5 Å². The Balaban J connectivity index is 1.78. The summed E-state index contributed by atoms with van der Waals surface area (Å²) >= 11 is 0.383. The molecule has 2 aromatic rings. The van der Waals surface area contributed by atoms with E-state index in [1.807, 2.05) is 7.05 Å². The molecule has 1 N–H and O–H groups in total. The van der Waals surface area contributed by atoms with E-state index < -0.39 is 0 Å². The van der Waals surface area contributed by atoms with Crippen molar-refractivity contribution in [1.82, 2.24) is 15.5 Å². The van der Waals surface area contributed by atoms with Crippen molar-refractivity contribution in [1.29, 1.82) is 0 Å². The second-order valence-corrected chi connectivity index (χ2v) is 7.57. The number of nitrogens with one attached hydrogen (secondary N) is 1. The van der Waals surface area contributed by atoms with Crippen LogP contribution in [0.25, 0.3) is 0 Å². The molecule has 0 saturated carbocycles. The average Bonchev–Trinajstić information content (AvgIpc) is 2.89. The predicted octanol–water partition coefficient (Wildman–Crippen LogP) is 2.37. The van der Waals surface area contributed by atoms with Crippen LogP contribution in [0, 0.1) is 6.92 Å². The monoisotopic (exact) mass is 337 g/mol. The molecule has 0 saturated heterocycles. The van der Waals surface area contributed by atoms with Gasteiger partial charge < -0.3 is 0 Å². The van der Waals surface area contributed by atoms with Crippen molar-refractivity contribution in [3.63, 3.8) is 0 Å². The first-order chi connectivity index (χ1) is 9.78. The van der Waals surface area contributed by atoms with Crippen molar-refractivity contribution < 1.29 is 0 Å². The summed E-state index contributed by atoms with van der Waals surface area (Å²) in [5.74, 6) is 0. The van der Waals surface area contributed by atoms with Crippen LogP contribution < -0.4 is 5.32 Å². The second kappa shape index (κ2) is 8.35. The van der Waals surface area contributed by atoms with E-state index in [4.69, 9.17) is 0 Å². The summed E-state index contributed by atoms with van der Waals surface area (Å²) in [7, 11) is 2.01.